The van der Waals surface area contributed by atoms with Crippen LogP contribution >= 0.6 is 0 Å². The van der Waals surface area contributed by atoms with Crippen LogP contribution in [0.3, 0.4) is 0 Å². The molecule has 1 amide bonds. The van der Waals surface area contributed by atoms with Gasteiger partial charge in [-0.25, -0.2) is 4.39 Å². The van der Waals surface area contributed by atoms with Gasteiger partial charge in [-0.15, -0.1) is 0 Å². The molecule has 0 aliphatic carbocycles. The topological polar surface area (TPSA) is 65.2 Å². The van der Waals surface area contributed by atoms with Gasteiger partial charge in [-0.3, -0.25) is 9.78 Å². The summed E-state index contributed by atoms with van der Waals surface area (Å²) in [5, 5.41) is 0.606. The van der Waals surface area contributed by atoms with Crippen LogP contribution in [-0.4, -0.2) is 18.0 Å². The molecule has 0 saturated heterocycles. The smallest absolute Gasteiger partial charge is 0.250 e. The molecule has 82 valence electrons. The quantitative estimate of drug-likeness (QED) is 0.833. The van der Waals surface area contributed by atoms with Crippen LogP contribution in [0.25, 0.3) is 10.9 Å². The van der Waals surface area contributed by atoms with Crippen LogP contribution in [0.4, 0.5) is 4.39 Å². The molecule has 0 aliphatic rings. The van der Waals surface area contributed by atoms with Gasteiger partial charge in [-0.2, -0.15) is 0 Å². The molecular formula is C11H9FN2O2. The maximum atomic E-state index is 13.3. The zero-order valence-electron chi connectivity index (χ0n) is 8.53. The van der Waals surface area contributed by atoms with E-state index in [1.807, 2.05) is 0 Å². The van der Waals surface area contributed by atoms with Crippen LogP contribution in [-0.2, 0) is 0 Å². The van der Waals surface area contributed by atoms with E-state index in [9.17, 15) is 9.18 Å². The minimum absolute atomic E-state index is 0.107. The second-order valence-electron chi connectivity index (χ2n) is 3.27. The number of halogens is 1. The Balaban J connectivity index is 2.68. The number of methoxy groups -OCH3 is 1. The van der Waals surface area contributed by atoms with E-state index in [-0.39, 0.29) is 11.3 Å². The summed E-state index contributed by atoms with van der Waals surface area (Å²) in [5.74, 6) is -0.956. The number of nitrogens with two attached hydrogens (primary N) is 1. The van der Waals surface area contributed by atoms with Crippen molar-refractivity contribution in [2.75, 3.05) is 7.11 Å². The Hall–Kier alpha value is -2.17. The molecule has 1 aromatic heterocycles. The molecule has 5 heteroatoms. The van der Waals surface area contributed by atoms with E-state index >= 15 is 0 Å². The lowest BCUT2D eigenvalue weighted by molar-refractivity contribution is 0.1000. The van der Waals surface area contributed by atoms with E-state index in [0.717, 1.165) is 0 Å². The number of benzene rings is 1. The van der Waals surface area contributed by atoms with E-state index in [1.165, 1.54) is 25.4 Å². The molecule has 0 saturated carbocycles. The molecule has 0 aliphatic heterocycles. The molecule has 0 bridgehead atoms. The van der Waals surface area contributed by atoms with Gasteiger partial charge in [0.2, 0.25) is 5.91 Å². The van der Waals surface area contributed by atoms with Gasteiger partial charge in [-0.1, -0.05) is 0 Å². The molecule has 0 radical (unpaired) electrons. The summed E-state index contributed by atoms with van der Waals surface area (Å²) in [6.45, 7) is 0. The first kappa shape index (κ1) is 10.4. The van der Waals surface area contributed by atoms with E-state index in [0.29, 0.717) is 10.9 Å². The van der Waals surface area contributed by atoms with Crippen molar-refractivity contribution in [1.29, 1.82) is 0 Å². The van der Waals surface area contributed by atoms with Gasteiger partial charge in [0.05, 0.1) is 18.2 Å². The van der Waals surface area contributed by atoms with Gasteiger partial charge in [0.1, 0.15) is 0 Å². The summed E-state index contributed by atoms with van der Waals surface area (Å²) < 4.78 is 18.2. The Morgan fingerprint density at radius 3 is 2.81 bits per heavy atom. The monoisotopic (exact) mass is 220 g/mol. The molecule has 0 spiro atoms. The minimum atomic E-state index is -0.572. The summed E-state index contributed by atoms with van der Waals surface area (Å²) in [5.41, 5.74) is 5.85. The predicted octanol–water partition coefficient (Wildman–Crippen LogP) is 1.48. The Kier molecular flexibility index (Phi) is 2.44. The van der Waals surface area contributed by atoms with Crippen LogP contribution in [0.1, 0.15) is 10.4 Å². The third-order valence-electron chi connectivity index (χ3n) is 2.24. The number of hydrogen-bond acceptors (Lipinski definition) is 3. The molecule has 1 heterocycles. The first-order chi connectivity index (χ1) is 7.61. The number of nitrogens with zero attached hydrogens (tertiary/aromatic N) is 1. The van der Waals surface area contributed by atoms with E-state index in [4.69, 9.17) is 10.5 Å². The fraction of sp³-hybridized carbons (Fsp3) is 0.0909. The van der Waals surface area contributed by atoms with Gasteiger partial charge in [-0.05, 0) is 12.1 Å². The lowest BCUT2D eigenvalue weighted by atomic mass is 10.1. The Morgan fingerprint density at radius 2 is 2.19 bits per heavy atom. The molecular weight excluding hydrogens is 211 g/mol. The summed E-state index contributed by atoms with van der Waals surface area (Å²) in [4.78, 5) is 14.9. The van der Waals surface area contributed by atoms with Crippen molar-refractivity contribution in [2.45, 2.75) is 0 Å². The fourth-order valence-electron chi connectivity index (χ4n) is 1.42. The Labute approximate surface area is 90.8 Å². The molecule has 1 aromatic carbocycles. The number of primary amides is 1. The zero-order valence-corrected chi connectivity index (χ0v) is 8.53. The molecule has 0 atom stereocenters. The molecule has 16 heavy (non-hydrogen) atoms. The average Bonchev–Trinajstić information content (AvgIpc) is 2.27. The van der Waals surface area contributed by atoms with Gasteiger partial charge < -0.3 is 10.5 Å². The number of rotatable bonds is 2. The van der Waals surface area contributed by atoms with Crippen molar-refractivity contribution >= 4 is 16.8 Å². The fourth-order valence-corrected chi connectivity index (χ4v) is 1.42. The van der Waals surface area contributed by atoms with Crippen LogP contribution < -0.4 is 10.5 Å². The van der Waals surface area contributed by atoms with E-state index in [2.05, 4.69) is 4.98 Å². The highest BCUT2D eigenvalue weighted by Crippen LogP contribution is 2.23. The van der Waals surface area contributed by atoms with Crippen molar-refractivity contribution in [1.82, 2.24) is 4.98 Å². The third-order valence-corrected chi connectivity index (χ3v) is 2.24. The highest BCUT2D eigenvalue weighted by molar-refractivity contribution is 5.96. The van der Waals surface area contributed by atoms with Crippen molar-refractivity contribution in [3.05, 3.63) is 35.8 Å². The number of amides is 1. The highest BCUT2D eigenvalue weighted by Gasteiger charge is 2.08. The number of pyridine rings is 1. The van der Waals surface area contributed by atoms with Gasteiger partial charge >= 0.3 is 0 Å². The standard InChI is InChI=1S/C11H9FN2O2/c1-16-10-3-6-2-7(11(13)15)5-14-9(6)4-8(10)12/h2-5H,1H3,(H2,13,15). The van der Waals surface area contributed by atoms with Crippen LogP contribution in [0.5, 0.6) is 5.75 Å². The molecule has 0 unspecified atom stereocenters. The Morgan fingerprint density at radius 1 is 1.44 bits per heavy atom. The molecule has 2 aromatic rings. The molecule has 2 N–H and O–H groups in total. The minimum Gasteiger partial charge on any atom is -0.494 e. The lowest BCUT2D eigenvalue weighted by Gasteiger charge is -2.04. The number of carbonyl (C=O) groups is 1. The number of carbonyl (C=O) groups excluding carboxylic acids is 1. The van der Waals surface area contributed by atoms with Gasteiger partial charge in [0, 0.05) is 17.6 Å². The first-order valence-electron chi connectivity index (χ1n) is 4.55. The van der Waals surface area contributed by atoms with Crippen molar-refractivity contribution in [2.24, 2.45) is 5.73 Å². The second kappa shape index (κ2) is 3.77. The summed E-state index contributed by atoms with van der Waals surface area (Å²) >= 11 is 0. The normalized spacial score (nSPS) is 10.4. The van der Waals surface area contributed by atoms with Gasteiger partial charge in [0.25, 0.3) is 0 Å². The summed E-state index contributed by atoms with van der Waals surface area (Å²) in [6, 6.07) is 4.27. The highest BCUT2D eigenvalue weighted by atomic mass is 19.1. The van der Waals surface area contributed by atoms with Crippen LogP contribution in [0.2, 0.25) is 0 Å². The number of ether oxygens (including phenoxy) is 1. The number of fused-ring (bicyclic) bond motifs is 1. The molecule has 0 fully saturated rings. The SMILES string of the molecule is COc1cc2cc(C(N)=O)cnc2cc1F. The largest absolute Gasteiger partial charge is 0.494 e. The zero-order chi connectivity index (χ0) is 11.7. The molecule has 2 rings (SSSR count). The van der Waals surface area contributed by atoms with Crippen molar-refractivity contribution in [3.63, 3.8) is 0 Å². The van der Waals surface area contributed by atoms with Crippen molar-refractivity contribution in [3.8, 4) is 5.75 Å². The van der Waals surface area contributed by atoms with E-state index in [1.54, 1.807) is 6.07 Å². The van der Waals surface area contributed by atoms with Gasteiger partial charge in [0.15, 0.2) is 11.6 Å². The summed E-state index contributed by atoms with van der Waals surface area (Å²) in [7, 11) is 1.37. The first-order valence-corrected chi connectivity index (χ1v) is 4.55. The maximum Gasteiger partial charge on any atom is 0.250 e. The second-order valence-corrected chi connectivity index (χ2v) is 3.27. The summed E-state index contributed by atoms with van der Waals surface area (Å²) in [6.07, 6.45) is 1.32. The third kappa shape index (κ3) is 1.67. The number of aromatic nitrogens is 1. The molecule has 4 nitrogen and oxygen atoms in total. The number of hydrogen-bond donors (Lipinski definition) is 1. The van der Waals surface area contributed by atoms with E-state index < -0.39 is 11.7 Å². The van der Waals surface area contributed by atoms with Crippen molar-refractivity contribution < 1.29 is 13.9 Å². The maximum absolute atomic E-state index is 13.3. The van der Waals surface area contributed by atoms with Crippen LogP contribution in [0.15, 0.2) is 24.4 Å². The lowest BCUT2D eigenvalue weighted by Crippen LogP contribution is -2.11. The Bertz CT molecular complexity index is 569. The van der Waals surface area contributed by atoms with Crippen LogP contribution in [0, 0.1) is 5.82 Å². The average molecular weight is 220 g/mol. The predicted molar refractivity (Wildman–Crippen MR) is 56.8 cm³/mol.